The van der Waals surface area contributed by atoms with E-state index in [1.165, 1.54) is 18.2 Å². The van der Waals surface area contributed by atoms with Crippen LogP contribution in [0, 0.1) is 16.0 Å². The van der Waals surface area contributed by atoms with Gasteiger partial charge in [0.2, 0.25) is 0 Å². The molecule has 21 heavy (non-hydrogen) atoms. The Labute approximate surface area is 122 Å². The lowest BCUT2D eigenvalue weighted by molar-refractivity contribution is -0.384. The molecule has 1 aliphatic rings. The standard InChI is InChI=1S/C14H19N3O4/c1-10-4-3-7-16(13(10)9-18)14(19)15-11-5-2-6-12(8-11)17(20)21/h2,5-6,8,10,13,18H,3-4,7,9H2,1H3,(H,15,19)/t10-,13-/m0/s1. The molecule has 2 amide bonds. The molecular weight excluding hydrogens is 274 g/mol. The zero-order valence-corrected chi connectivity index (χ0v) is 11.9. The number of carbonyl (C=O) groups is 1. The molecule has 0 aromatic heterocycles. The van der Waals surface area contributed by atoms with Crippen molar-refractivity contribution in [1.29, 1.82) is 0 Å². The zero-order valence-electron chi connectivity index (χ0n) is 11.9. The molecule has 1 aromatic carbocycles. The third-order valence-electron chi connectivity index (χ3n) is 3.87. The normalized spacial score (nSPS) is 21.9. The first-order valence-electron chi connectivity index (χ1n) is 6.96. The van der Waals surface area contributed by atoms with Gasteiger partial charge in [-0.3, -0.25) is 10.1 Å². The summed E-state index contributed by atoms with van der Waals surface area (Å²) in [5.74, 6) is 0.236. The van der Waals surface area contributed by atoms with E-state index < -0.39 is 4.92 Å². The number of rotatable bonds is 3. The van der Waals surface area contributed by atoms with Gasteiger partial charge in [-0.05, 0) is 24.8 Å². The number of non-ortho nitro benzene ring substituents is 1. The van der Waals surface area contributed by atoms with Gasteiger partial charge in [0, 0.05) is 24.4 Å². The summed E-state index contributed by atoms with van der Waals surface area (Å²) in [7, 11) is 0. The third kappa shape index (κ3) is 3.49. The number of nitrogens with one attached hydrogen (secondary N) is 1. The number of amides is 2. The van der Waals surface area contributed by atoms with Crippen molar-refractivity contribution in [3.63, 3.8) is 0 Å². The van der Waals surface area contributed by atoms with Gasteiger partial charge in [0.1, 0.15) is 0 Å². The molecular formula is C14H19N3O4. The number of hydrogen-bond donors (Lipinski definition) is 2. The molecule has 2 rings (SSSR count). The summed E-state index contributed by atoms with van der Waals surface area (Å²) in [6.07, 6.45) is 1.87. The summed E-state index contributed by atoms with van der Waals surface area (Å²) in [5, 5.41) is 22.8. The van der Waals surface area contributed by atoms with Crippen LogP contribution in [0.15, 0.2) is 24.3 Å². The van der Waals surface area contributed by atoms with Crippen LogP contribution in [0.4, 0.5) is 16.2 Å². The lowest BCUT2D eigenvalue weighted by Crippen LogP contribution is -2.51. The van der Waals surface area contributed by atoms with Crippen LogP contribution in [0.2, 0.25) is 0 Å². The molecule has 1 fully saturated rings. The Morgan fingerprint density at radius 1 is 1.57 bits per heavy atom. The Hall–Kier alpha value is -2.15. The highest BCUT2D eigenvalue weighted by atomic mass is 16.6. The second-order valence-electron chi connectivity index (χ2n) is 5.30. The molecule has 1 saturated heterocycles. The van der Waals surface area contributed by atoms with Gasteiger partial charge in [0.25, 0.3) is 5.69 Å². The van der Waals surface area contributed by atoms with Crippen LogP contribution in [0.5, 0.6) is 0 Å². The first-order valence-corrected chi connectivity index (χ1v) is 6.96. The number of aliphatic hydroxyl groups excluding tert-OH is 1. The summed E-state index contributed by atoms with van der Waals surface area (Å²) < 4.78 is 0. The average molecular weight is 293 g/mol. The number of carbonyl (C=O) groups excluding carboxylic acids is 1. The fourth-order valence-corrected chi connectivity index (χ4v) is 2.67. The maximum atomic E-state index is 12.3. The van der Waals surface area contributed by atoms with Crippen molar-refractivity contribution in [2.75, 3.05) is 18.5 Å². The molecule has 1 aliphatic heterocycles. The van der Waals surface area contributed by atoms with Gasteiger partial charge in [0.15, 0.2) is 0 Å². The zero-order chi connectivity index (χ0) is 15.4. The van der Waals surface area contributed by atoms with Gasteiger partial charge in [-0.25, -0.2) is 4.79 Å². The van der Waals surface area contributed by atoms with Crippen LogP contribution in [-0.2, 0) is 0 Å². The van der Waals surface area contributed by atoms with Gasteiger partial charge in [0.05, 0.1) is 17.6 Å². The highest BCUT2D eigenvalue weighted by Crippen LogP contribution is 2.24. The van der Waals surface area contributed by atoms with Crippen molar-refractivity contribution in [1.82, 2.24) is 4.90 Å². The van der Waals surface area contributed by atoms with Crippen molar-refractivity contribution < 1.29 is 14.8 Å². The molecule has 0 saturated carbocycles. The predicted molar refractivity (Wildman–Crippen MR) is 78.1 cm³/mol. The van der Waals surface area contributed by atoms with Crippen molar-refractivity contribution >= 4 is 17.4 Å². The van der Waals surface area contributed by atoms with Crippen LogP contribution in [-0.4, -0.2) is 40.2 Å². The van der Waals surface area contributed by atoms with Crippen LogP contribution in [0.25, 0.3) is 0 Å². The highest BCUT2D eigenvalue weighted by molar-refractivity contribution is 5.90. The molecule has 0 unspecified atom stereocenters. The Morgan fingerprint density at radius 2 is 2.33 bits per heavy atom. The Bertz CT molecular complexity index is 535. The van der Waals surface area contributed by atoms with E-state index in [4.69, 9.17) is 0 Å². The third-order valence-corrected chi connectivity index (χ3v) is 3.87. The minimum atomic E-state index is -0.505. The van der Waals surface area contributed by atoms with Crippen LogP contribution in [0.1, 0.15) is 19.8 Å². The summed E-state index contributed by atoms with van der Waals surface area (Å²) in [4.78, 5) is 24.1. The van der Waals surface area contributed by atoms with Crippen molar-refractivity contribution in [2.45, 2.75) is 25.8 Å². The first-order chi connectivity index (χ1) is 10.0. The Balaban J connectivity index is 2.10. The Morgan fingerprint density at radius 3 is 3.00 bits per heavy atom. The van der Waals surface area contributed by atoms with Gasteiger partial charge in [-0.1, -0.05) is 13.0 Å². The first kappa shape index (κ1) is 15.2. The lowest BCUT2D eigenvalue weighted by atomic mass is 9.91. The molecule has 7 heteroatoms. The number of nitrogens with zero attached hydrogens (tertiary/aromatic N) is 2. The minimum Gasteiger partial charge on any atom is -0.394 e. The molecule has 2 atom stereocenters. The number of nitro groups is 1. The van der Waals surface area contributed by atoms with Crippen molar-refractivity contribution in [2.24, 2.45) is 5.92 Å². The number of anilines is 1. The lowest BCUT2D eigenvalue weighted by Gasteiger charge is -2.38. The molecule has 0 bridgehead atoms. The quantitative estimate of drug-likeness (QED) is 0.659. The van der Waals surface area contributed by atoms with Gasteiger partial charge < -0.3 is 15.3 Å². The van der Waals surface area contributed by atoms with E-state index in [9.17, 15) is 20.0 Å². The number of piperidine rings is 1. The van der Waals surface area contributed by atoms with Crippen molar-refractivity contribution in [3.05, 3.63) is 34.4 Å². The highest BCUT2D eigenvalue weighted by Gasteiger charge is 2.31. The van der Waals surface area contributed by atoms with Gasteiger partial charge >= 0.3 is 6.03 Å². The fourth-order valence-electron chi connectivity index (χ4n) is 2.67. The molecule has 1 aromatic rings. The van der Waals surface area contributed by atoms with E-state index in [0.29, 0.717) is 12.2 Å². The SMILES string of the molecule is C[C@H]1CCCN(C(=O)Nc2cccc([N+](=O)[O-])c2)[C@H]1CO. The fraction of sp³-hybridized carbons (Fsp3) is 0.500. The largest absolute Gasteiger partial charge is 0.394 e. The Kier molecular flexibility index (Phi) is 4.74. The summed E-state index contributed by atoms with van der Waals surface area (Å²) in [6, 6.07) is 5.27. The molecule has 0 aliphatic carbocycles. The number of aliphatic hydroxyl groups is 1. The monoisotopic (exact) mass is 293 g/mol. The number of nitro benzene ring substituents is 1. The van der Waals surface area contributed by atoms with E-state index in [0.717, 1.165) is 12.8 Å². The second-order valence-corrected chi connectivity index (χ2v) is 5.30. The predicted octanol–water partition coefficient (Wildman–Crippen LogP) is 2.22. The number of urea groups is 1. The van der Waals surface area contributed by atoms with Gasteiger partial charge in [-0.15, -0.1) is 0 Å². The van der Waals surface area contributed by atoms with E-state index in [1.54, 1.807) is 11.0 Å². The molecule has 114 valence electrons. The summed E-state index contributed by atoms with van der Waals surface area (Å²) >= 11 is 0. The molecule has 1 heterocycles. The summed E-state index contributed by atoms with van der Waals surface area (Å²) in [6.45, 7) is 2.51. The van der Waals surface area contributed by atoms with Crippen LogP contribution in [0.3, 0.4) is 0 Å². The molecule has 2 N–H and O–H groups in total. The molecule has 7 nitrogen and oxygen atoms in total. The average Bonchev–Trinajstić information content (AvgIpc) is 2.47. The van der Waals surface area contributed by atoms with Crippen molar-refractivity contribution in [3.8, 4) is 0 Å². The van der Waals surface area contributed by atoms with E-state index in [1.807, 2.05) is 6.92 Å². The van der Waals surface area contributed by atoms with E-state index in [-0.39, 0.29) is 30.3 Å². The number of hydrogen-bond acceptors (Lipinski definition) is 4. The topological polar surface area (TPSA) is 95.7 Å². The smallest absolute Gasteiger partial charge is 0.322 e. The maximum absolute atomic E-state index is 12.3. The second kappa shape index (κ2) is 6.53. The number of benzene rings is 1. The minimum absolute atomic E-state index is 0.0708. The van der Waals surface area contributed by atoms with E-state index in [2.05, 4.69) is 5.32 Å². The van der Waals surface area contributed by atoms with Crippen LogP contribution < -0.4 is 5.32 Å². The van der Waals surface area contributed by atoms with Gasteiger partial charge in [-0.2, -0.15) is 0 Å². The molecule has 0 radical (unpaired) electrons. The maximum Gasteiger partial charge on any atom is 0.322 e. The summed E-state index contributed by atoms with van der Waals surface area (Å²) in [5.41, 5.74) is 0.308. The molecule has 0 spiro atoms. The van der Waals surface area contributed by atoms with E-state index >= 15 is 0 Å². The van der Waals surface area contributed by atoms with Crippen LogP contribution >= 0.6 is 0 Å². The number of likely N-dealkylation sites (tertiary alicyclic amines) is 1.